The van der Waals surface area contributed by atoms with Crippen molar-refractivity contribution in [3.8, 4) is 17.2 Å². The van der Waals surface area contributed by atoms with E-state index in [0.717, 1.165) is 16.8 Å². The first-order valence-corrected chi connectivity index (χ1v) is 14.1. The molecule has 1 spiro atoms. The van der Waals surface area contributed by atoms with Crippen molar-refractivity contribution in [2.24, 2.45) is 10.8 Å². The van der Waals surface area contributed by atoms with Crippen LogP contribution in [0.1, 0.15) is 64.1 Å². The first kappa shape index (κ1) is 27.8. The zero-order chi connectivity index (χ0) is 30.1. The van der Waals surface area contributed by atoms with E-state index in [1.54, 1.807) is 36.4 Å². The lowest BCUT2D eigenvalue weighted by molar-refractivity contribution is -0.127. The summed E-state index contributed by atoms with van der Waals surface area (Å²) in [5.41, 5.74) is 1.70. The Balaban J connectivity index is 1.75. The van der Waals surface area contributed by atoms with E-state index in [1.165, 1.54) is 21.3 Å². The number of Topliss-reactive ketones (excluding diaryl/α,β-unsaturated/α-hetero) is 3. The number of methoxy groups -OCH3 is 3. The summed E-state index contributed by atoms with van der Waals surface area (Å²) in [6.45, 7) is 7.64. The van der Waals surface area contributed by atoms with Crippen LogP contribution in [-0.2, 0) is 4.79 Å². The molecule has 0 N–H and O–H groups in total. The summed E-state index contributed by atoms with van der Waals surface area (Å²) < 4.78 is 17.3. The molecule has 42 heavy (non-hydrogen) atoms. The van der Waals surface area contributed by atoms with Crippen molar-refractivity contribution in [1.82, 2.24) is 0 Å². The highest BCUT2D eigenvalue weighted by atomic mass is 16.5. The third-order valence-corrected chi connectivity index (χ3v) is 9.04. The van der Waals surface area contributed by atoms with Gasteiger partial charge >= 0.3 is 0 Å². The number of hydrogen-bond acceptors (Lipinski definition) is 7. The lowest BCUT2D eigenvalue weighted by atomic mass is 9.63. The fourth-order valence-corrected chi connectivity index (χ4v) is 7.25. The molecule has 0 amide bonds. The van der Waals surface area contributed by atoms with E-state index >= 15 is 0 Å². The summed E-state index contributed by atoms with van der Waals surface area (Å²) in [6.07, 6.45) is 3.90. The van der Waals surface area contributed by atoms with Gasteiger partial charge in [0.15, 0.2) is 28.8 Å². The van der Waals surface area contributed by atoms with Crippen LogP contribution < -0.4 is 19.1 Å². The highest BCUT2D eigenvalue weighted by Gasteiger charge is 2.72. The second-order valence-electron chi connectivity index (χ2n) is 12.3. The standard InChI is InChI=1S/C35H35NO6/c1-19-12-15-24-20(18-19)13-17-26-35(31(37)21-10-8-9-11-22(21)32(35)38)27(28(36(24)26)33(39)34(2,3)4)23-14-16-25(40-5)30(42-7)29(23)41-6/h8-18,26-28H,1-7H3/t26-,27+,28-/m1/s1. The predicted molar refractivity (Wildman–Crippen MR) is 161 cm³/mol. The average molecular weight is 566 g/mol. The van der Waals surface area contributed by atoms with Gasteiger partial charge in [0.25, 0.3) is 0 Å². The van der Waals surface area contributed by atoms with Crippen LogP contribution in [0.25, 0.3) is 6.08 Å². The number of anilines is 1. The van der Waals surface area contributed by atoms with Gasteiger partial charge in [-0.05, 0) is 30.7 Å². The number of benzene rings is 3. The molecule has 7 heteroatoms. The number of ether oxygens (including phenoxy) is 3. The SMILES string of the molecule is COc1ccc([C@H]2[C@H](C(=O)C(C)(C)C)N3c4ccc(C)cc4C=C[C@@H]3C23C(=O)c2ccccc2C3=O)c(OC)c1OC. The number of hydrogen-bond donors (Lipinski definition) is 0. The molecule has 3 aromatic rings. The molecule has 2 aliphatic heterocycles. The van der Waals surface area contributed by atoms with Crippen LogP contribution in [0.4, 0.5) is 5.69 Å². The lowest BCUT2D eigenvalue weighted by Crippen LogP contribution is -2.49. The van der Waals surface area contributed by atoms with Gasteiger partial charge in [-0.1, -0.05) is 74.9 Å². The highest BCUT2D eigenvalue weighted by Crippen LogP contribution is 2.63. The van der Waals surface area contributed by atoms with Gasteiger partial charge in [-0.25, -0.2) is 0 Å². The molecule has 3 aliphatic rings. The normalized spacial score (nSPS) is 21.7. The largest absolute Gasteiger partial charge is 0.493 e. The van der Waals surface area contributed by atoms with Crippen LogP contribution in [0.2, 0.25) is 0 Å². The quantitative estimate of drug-likeness (QED) is 0.347. The van der Waals surface area contributed by atoms with E-state index in [9.17, 15) is 14.4 Å². The van der Waals surface area contributed by atoms with Crippen LogP contribution in [0.5, 0.6) is 17.2 Å². The van der Waals surface area contributed by atoms with Crippen molar-refractivity contribution in [3.05, 3.63) is 88.5 Å². The van der Waals surface area contributed by atoms with Crippen LogP contribution in [0, 0.1) is 17.8 Å². The van der Waals surface area contributed by atoms with Gasteiger partial charge in [-0.15, -0.1) is 0 Å². The Labute approximate surface area is 246 Å². The summed E-state index contributed by atoms with van der Waals surface area (Å²) >= 11 is 0. The molecular formula is C35H35NO6. The Morgan fingerprint density at radius 1 is 0.857 bits per heavy atom. The summed E-state index contributed by atoms with van der Waals surface area (Å²) in [7, 11) is 4.56. The number of carbonyl (C=O) groups excluding carboxylic acids is 3. The third-order valence-electron chi connectivity index (χ3n) is 9.04. The van der Waals surface area contributed by atoms with E-state index in [-0.39, 0.29) is 17.3 Å². The number of fused-ring (bicyclic) bond motifs is 5. The minimum absolute atomic E-state index is 0.0791. The van der Waals surface area contributed by atoms with Crippen LogP contribution in [0.15, 0.2) is 60.7 Å². The van der Waals surface area contributed by atoms with E-state index in [1.807, 2.05) is 56.9 Å². The molecule has 2 heterocycles. The molecule has 1 aliphatic carbocycles. The Kier molecular flexibility index (Phi) is 6.33. The molecule has 0 radical (unpaired) electrons. The zero-order valence-corrected chi connectivity index (χ0v) is 25.0. The maximum Gasteiger partial charge on any atom is 0.203 e. The molecule has 0 unspecified atom stereocenters. The van der Waals surface area contributed by atoms with Gasteiger partial charge in [0.05, 0.1) is 33.4 Å². The first-order valence-electron chi connectivity index (χ1n) is 14.1. The van der Waals surface area contributed by atoms with Crippen molar-refractivity contribution in [2.75, 3.05) is 26.2 Å². The molecule has 0 bridgehead atoms. The Morgan fingerprint density at radius 3 is 2.07 bits per heavy atom. The number of aryl methyl sites for hydroxylation is 1. The third kappa shape index (κ3) is 3.55. The van der Waals surface area contributed by atoms with Gasteiger partial charge in [-0.2, -0.15) is 0 Å². The summed E-state index contributed by atoms with van der Waals surface area (Å²) in [4.78, 5) is 46.4. The van der Waals surface area contributed by atoms with E-state index in [4.69, 9.17) is 14.2 Å². The summed E-state index contributed by atoms with van der Waals surface area (Å²) in [6, 6.07) is 15.0. The number of carbonyl (C=O) groups is 3. The molecule has 3 aromatic carbocycles. The lowest BCUT2D eigenvalue weighted by Gasteiger charge is -2.38. The molecule has 0 aromatic heterocycles. The highest BCUT2D eigenvalue weighted by molar-refractivity contribution is 6.32. The monoisotopic (exact) mass is 565 g/mol. The van der Waals surface area contributed by atoms with Crippen LogP contribution in [-0.4, -0.2) is 50.8 Å². The predicted octanol–water partition coefficient (Wildman–Crippen LogP) is 6.07. The minimum atomic E-state index is -1.62. The van der Waals surface area contributed by atoms with E-state index in [2.05, 4.69) is 6.07 Å². The summed E-state index contributed by atoms with van der Waals surface area (Å²) in [5.74, 6) is -0.444. The van der Waals surface area contributed by atoms with E-state index < -0.39 is 28.8 Å². The Hall–Kier alpha value is -4.39. The van der Waals surface area contributed by atoms with Gasteiger partial charge in [0.1, 0.15) is 5.41 Å². The van der Waals surface area contributed by atoms with E-state index in [0.29, 0.717) is 33.9 Å². The number of nitrogens with zero attached hydrogens (tertiary/aromatic N) is 1. The zero-order valence-electron chi connectivity index (χ0n) is 25.0. The minimum Gasteiger partial charge on any atom is -0.493 e. The van der Waals surface area contributed by atoms with Crippen molar-refractivity contribution in [2.45, 2.75) is 45.7 Å². The maximum atomic E-state index is 14.8. The smallest absolute Gasteiger partial charge is 0.203 e. The second-order valence-corrected chi connectivity index (χ2v) is 12.3. The Bertz CT molecular complexity index is 1640. The fourth-order valence-electron chi connectivity index (χ4n) is 7.25. The molecule has 1 fully saturated rings. The topological polar surface area (TPSA) is 82.1 Å². The van der Waals surface area contributed by atoms with Crippen molar-refractivity contribution in [3.63, 3.8) is 0 Å². The van der Waals surface area contributed by atoms with Crippen LogP contribution in [0.3, 0.4) is 0 Å². The molecule has 3 atom stereocenters. The van der Waals surface area contributed by atoms with Crippen molar-refractivity contribution >= 4 is 29.1 Å². The molecule has 0 saturated carbocycles. The molecule has 1 saturated heterocycles. The van der Waals surface area contributed by atoms with Crippen LogP contribution >= 0.6 is 0 Å². The molecule has 6 rings (SSSR count). The molecule has 7 nitrogen and oxygen atoms in total. The molecule has 216 valence electrons. The molecular weight excluding hydrogens is 530 g/mol. The maximum absolute atomic E-state index is 14.8. The van der Waals surface area contributed by atoms with Crippen molar-refractivity contribution in [1.29, 1.82) is 0 Å². The summed E-state index contributed by atoms with van der Waals surface area (Å²) in [5, 5.41) is 0. The average Bonchev–Trinajstić information content (AvgIpc) is 3.40. The number of rotatable bonds is 5. The van der Waals surface area contributed by atoms with Gasteiger partial charge < -0.3 is 19.1 Å². The van der Waals surface area contributed by atoms with Gasteiger partial charge in [-0.3, -0.25) is 14.4 Å². The number of ketones is 3. The van der Waals surface area contributed by atoms with Gasteiger partial charge in [0, 0.05) is 33.7 Å². The second kappa shape index (κ2) is 9.58. The van der Waals surface area contributed by atoms with Gasteiger partial charge in [0.2, 0.25) is 5.75 Å². The first-order chi connectivity index (χ1) is 20.0. The fraction of sp³-hybridized carbons (Fsp3) is 0.343. The Morgan fingerprint density at radius 2 is 1.50 bits per heavy atom. The van der Waals surface area contributed by atoms with Crippen molar-refractivity contribution < 1.29 is 28.6 Å².